The summed E-state index contributed by atoms with van der Waals surface area (Å²) in [4.78, 5) is 16.8. The molecule has 3 N–H and O–H groups in total. The zero-order valence-corrected chi connectivity index (χ0v) is 12.7. The van der Waals surface area contributed by atoms with Gasteiger partial charge >= 0.3 is 0 Å². The predicted octanol–water partition coefficient (Wildman–Crippen LogP) is 2.30. The number of carbonyl (C=O) groups is 1. The van der Waals surface area contributed by atoms with Gasteiger partial charge in [0.25, 0.3) is 5.91 Å². The molecule has 7 heteroatoms. The quantitative estimate of drug-likeness (QED) is 0.900. The SMILES string of the molecule is Cc1ncsc1C(=O)NC1(CN)CCCC1.Cl.Cl. The van der Waals surface area contributed by atoms with Crippen LogP contribution in [0.5, 0.6) is 0 Å². The summed E-state index contributed by atoms with van der Waals surface area (Å²) in [5.41, 5.74) is 8.11. The van der Waals surface area contributed by atoms with Crippen LogP contribution in [0.15, 0.2) is 5.51 Å². The highest BCUT2D eigenvalue weighted by Gasteiger charge is 2.34. The molecule has 1 saturated carbocycles. The Bertz CT molecular complexity index is 391. The van der Waals surface area contributed by atoms with Gasteiger partial charge in [0, 0.05) is 6.54 Å². The van der Waals surface area contributed by atoms with E-state index in [1.165, 1.54) is 11.3 Å². The van der Waals surface area contributed by atoms with Crippen molar-refractivity contribution >= 4 is 42.1 Å². The topological polar surface area (TPSA) is 68.0 Å². The molecule has 4 nitrogen and oxygen atoms in total. The van der Waals surface area contributed by atoms with E-state index in [1.54, 1.807) is 5.51 Å². The van der Waals surface area contributed by atoms with Gasteiger partial charge in [0.05, 0.1) is 16.7 Å². The standard InChI is InChI=1S/C11H17N3OS.2ClH/c1-8-9(16-7-13-8)10(15)14-11(6-12)4-2-3-5-11;;/h7H,2-6,12H2,1H3,(H,14,15);2*1H. The maximum absolute atomic E-state index is 12.1. The predicted molar refractivity (Wildman–Crippen MR) is 79.1 cm³/mol. The normalized spacial score (nSPS) is 16.6. The van der Waals surface area contributed by atoms with Crippen LogP contribution in [0, 0.1) is 6.92 Å². The number of nitrogens with one attached hydrogen (secondary N) is 1. The summed E-state index contributed by atoms with van der Waals surface area (Å²) in [5.74, 6) is -0.0210. The smallest absolute Gasteiger partial charge is 0.263 e. The molecule has 0 spiro atoms. The van der Waals surface area contributed by atoms with Crippen LogP contribution in [0.1, 0.15) is 41.0 Å². The Morgan fingerprint density at radius 1 is 1.50 bits per heavy atom. The number of nitrogens with two attached hydrogens (primary N) is 1. The van der Waals surface area contributed by atoms with Crippen molar-refractivity contribution in [2.45, 2.75) is 38.1 Å². The van der Waals surface area contributed by atoms with E-state index in [9.17, 15) is 4.79 Å². The Kier molecular flexibility index (Phi) is 7.14. The summed E-state index contributed by atoms with van der Waals surface area (Å²) in [6, 6.07) is 0. The van der Waals surface area contributed by atoms with Crippen LogP contribution in [-0.4, -0.2) is 23.0 Å². The van der Waals surface area contributed by atoms with Crippen LogP contribution in [-0.2, 0) is 0 Å². The van der Waals surface area contributed by atoms with Gasteiger partial charge in [-0.3, -0.25) is 4.79 Å². The largest absolute Gasteiger partial charge is 0.345 e. The minimum Gasteiger partial charge on any atom is -0.345 e. The average Bonchev–Trinajstić information content (AvgIpc) is 2.87. The van der Waals surface area contributed by atoms with Gasteiger partial charge in [-0.25, -0.2) is 4.98 Å². The van der Waals surface area contributed by atoms with Crippen molar-refractivity contribution in [1.29, 1.82) is 0 Å². The second-order valence-electron chi connectivity index (χ2n) is 4.41. The number of halogens is 2. The molecule has 2 rings (SSSR count). The highest BCUT2D eigenvalue weighted by atomic mass is 35.5. The Labute approximate surface area is 124 Å². The lowest BCUT2D eigenvalue weighted by Gasteiger charge is -2.28. The zero-order chi connectivity index (χ0) is 11.6. The first-order valence-corrected chi connectivity index (χ1v) is 6.47. The third kappa shape index (κ3) is 3.57. The van der Waals surface area contributed by atoms with Crippen molar-refractivity contribution in [2.75, 3.05) is 6.54 Å². The highest BCUT2D eigenvalue weighted by Crippen LogP contribution is 2.29. The summed E-state index contributed by atoms with van der Waals surface area (Å²) >= 11 is 1.39. The van der Waals surface area contributed by atoms with E-state index in [0.717, 1.165) is 31.4 Å². The molecule has 0 bridgehead atoms. The molecule has 0 aromatic carbocycles. The molecular weight excluding hydrogens is 293 g/mol. The number of carbonyl (C=O) groups excluding carboxylic acids is 1. The van der Waals surface area contributed by atoms with Crippen LogP contribution >= 0.6 is 36.2 Å². The van der Waals surface area contributed by atoms with Crippen molar-refractivity contribution < 1.29 is 4.79 Å². The third-order valence-electron chi connectivity index (χ3n) is 3.28. The van der Waals surface area contributed by atoms with Crippen molar-refractivity contribution in [1.82, 2.24) is 10.3 Å². The molecule has 0 atom stereocenters. The van der Waals surface area contributed by atoms with Crippen molar-refractivity contribution in [2.24, 2.45) is 5.73 Å². The van der Waals surface area contributed by atoms with Gasteiger partial charge in [0.1, 0.15) is 4.88 Å². The molecule has 0 aliphatic heterocycles. The lowest BCUT2D eigenvalue weighted by atomic mass is 9.98. The Morgan fingerprint density at radius 3 is 2.56 bits per heavy atom. The van der Waals surface area contributed by atoms with Gasteiger partial charge in [-0.05, 0) is 19.8 Å². The van der Waals surface area contributed by atoms with Gasteiger partial charge in [-0.1, -0.05) is 12.8 Å². The van der Waals surface area contributed by atoms with Crippen LogP contribution < -0.4 is 11.1 Å². The molecule has 1 amide bonds. The Morgan fingerprint density at radius 2 is 2.11 bits per heavy atom. The van der Waals surface area contributed by atoms with Gasteiger partial charge in [0.2, 0.25) is 0 Å². The molecule has 1 aliphatic carbocycles. The van der Waals surface area contributed by atoms with Crippen LogP contribution in [0.4, 0.5) is 0 Å². The molecule has 0 radical (unpaired) electrons. The average molecular weight is 312 g/mol. The Balaban J connectivity index is 0.00000144. The molecule has 1 aromatic rings. The monoisotopic (exact) mass is 311 g/mol. The summed E-state index contributed by atoms with van der Waals surface area (Å²) in [6.45, 7) is 2.38. The first kappa shape index (κ1) is 17.6. The maximum Gasteiger partial charge on any atom is 0.263 e. The van der Waals surface area contributed by atoms with Gasteiger partial charge in [0.15, 0.2) is 0 Å². The molecule has 18 heavy (non-hydrogen) atoms. The third-order valence-corrected chi connectivity index (χ3v) is 4.21. The number of rotatable bonds is 3. The fraction of sp³-hybridized carbons (Fsp3) is 0.636. The number of aryl methyl sites for hydroxylation is 1. The maximum atomic E-state index is 12.1. The van der Waals surface area contributed by atoms with E-state index < -0.39 is 0 Å². The minimum atomic E-state index is -0.173. The van der Waals surface area contributed by atoms with Crippen LogP contribution in [0.2, 0.25) is 0 Å². The number of thiazole rings is 1. The molecule has 0 saturated heterocycles. The molecule has 104 valence electrons. The lowest BCUT2D eigenvalue weighted by Crippen LogP contribution is -2.51. The van der Waals surface area contributed by atoms with E-state index in [0.29, 0.717) is 11.4 Å². The second-order valence-corrected chi connectivity index (χ2v) is 5.27. The number of aromatic nitrogens is 1. The summed E-state index contributed by atoms with van der Waals surface area (Å²) in [5, 5.41) is 3.09. The number of hydrogen-bond donors (Lipinski definition) is 2. The van der Waals surface area contributed by atoms with Crippen LogP contribution in [0.25, 0.3) is 0 Å². The number of hydrogen-bond acceptors (Lipinski definition) is 4. The number of nitrogens with zero attached hydrogens (tertiary/aromatic N) is 1. The second kappa shape index (κ2) is 7.28. The first-order valence-electron chi connectivity index (χ1n) is 5.59. The van der Waals surface area contributed by atoms with Crippen molar-refractivity contribution in [3.05, 3.63) is 16.1 Å². The van der Waals surface area contributed by atoms with Crippen LogP contribution in [0.3, 0.4) is 0 Å². The van der Waals surface area contributed by atoms with E-state index in [2.05, 4.69) is 10.3 Å². The van der Waals surface area contributed by atoms with E-state index in [1.807, 2.05) is 6.92 Å². The van der Waals surface area contributed by atoms with Crippen molar-refractivity contribution in [3.63, 3.8) is 0 Å². The van der Waals surface area contributed by atoms with E-state index in [-0.39, 0.29) is 36.3 Å². The molecular formula is C11H19Cl2N3OS. The number of amides is 1. The summed E-state index contributed by atoms with van der Waals surface area (Å²) in [7, 11) is 0. The highest BCUT2D eigenvalue weighted by molar-refractivity contribution is 7.11. The first-order chi connectivity index (χ1) is 7.67. The minimum absolute atomic E-state index is 0. The molecule has 1 aromatic heterocycles. The molecule has 1 aliphatic rings. The van der Waals surface area contributed by atoms with E-state index in [4.69, 9.17) is 5.73 Å². The molecule has 0 unspecified atom stereocenters. The fourth-order valence-corrected chi connectivity index (χ4v) is 2.95. The van der Waals surface area contributed by atoms with Crippen molar-refractivity contribution in [3.8, 4) is 0 Å². The summed E-state index contributed by atoms with van der Waals surface area (Å²) in [6.07, 6.45) is 4.29. The zero-order valence-electron chi connectivity index (χ0n) is 10.3. The summed E-state index contributed by atoms with van der Waals surface area (Å²) < 4.78 is 0. The van der Waals surface area contributed by atoms with Gasteiger partial charge in [-0.2, -0.15) is 0 Å². The lowest BCUT2D eigenvalue weighted by molar-refractivity contribution is 0.0906. The molecule has 1 fully saturated rings. The van der Waals surface area contributed by atoms with Gasteiger partial charge < -0.3 is 11.1 Å². The van der Waals surface area contributed by atoms with Gasteiger partial charge in [-0.15, -0.1) is 36.2 Å². The Hall–Kier alpha value is -0.360. The fourth-order valence-electron chi connectivity index (χ4n) is 2.25. The van der Waals surface area contributed by atoms with E-state index >= 15 is 0 Å². The molecule has 1 heterocycles.